The van der Waals surface area contributed by atoms with Crippen LogP contribution < -0.4 is 9.47 Å². The molecule has 172 valence electrons. The molecule has 0 aliphatic carbocycles. The molecule has 2 aliphatic rings. The maximum atomic E-state index is 13.3. The predicted molar refractivity (Wildman–Crippen MR) is 108 cm³/mol. The van der Waals surface area contributed by atoms with Crippen LogP contribution in [0.3, 0.4) is 0 Å². The Kier molecular flexibility index (Phi) is 6.04. The molecule has 0 unspecified atom stereocenters. The summed E-state index contributed by atoms with van der Waals surface area (Å²) in [5.74, 6) is 0.713. The number of nitrogens with zero attached hydrogens (tertiary/aromatic N) is 2. The zero-order valence-corrected chi connectivity index (χ0v) is 17.8. The number of alkyl halides is 3. The number of rotatable bonds is 3. The highest BCUT2D eigenvalue weighted by molar-refractivity contribution is 7.89. The fourth-order valence-corrected chi connectivity index (χ4v) is 5.31. The summed E-state index contributed by atoms with van der Waals surface area (Å²) >= 11 is 0. The summed E-state index contributed by atoms with van der Waals surface area (Å²) in [6.07, 6.45) is -4.07. The highest BCUT2D eigenvalue weighted by Crippen LogP contribution is 2.35. The van der Waals surface area contributed by atoms with Crippen LogP contribution in [0.1, 0.15) is 22.3 Å². The minimum absolute atomic E-state index is 0.0562. The van der Waals surface area contributed by atoms with Crippen LogP contribution >= 0.6 is 0 Å². The molecule has 0 aromatic heterocycles. The number of carbonyl (C=O) groups excluding carboxylic acids is 1. The maximum absolute atomic E-state index is 13.3. The van der Waals surface area contributed by atoms with E-state index in [1.807, 2.05) is 0 Å². The Hall–Kier alpha value is -2.79. The topological polar surface area (TPSA) is 76.2 Å². The standard InChI is InChI=1S/C21H21F3N2O5S/c22-21(23,24)16-4-1-2-5-19(16)32(28,29)26-10-8-25(9-11-26)20(27)15-6-7-17-18(14-15)31-13-3-12-30-17/h1-2,4-7,14H,3,8-13H2. The van der Waals surface area contributed by atoms with Gasteiger partial charge in [-0.15, -0.1) is 0 Å². The lowest BCUT2D eigenvalue weighted by atomic mass is 10.1. The number of fused-ring (bicyclic) bond motifs is 1. The van der Waals surface area contributed by atoms with Crippen LogP contribution in [0.25, 0.3) is 0 Å². The van der Waals surface area contributed by atoms with Gasteiger partial charge in [0.15, 0.2) is 11.5 Å². The van der Waals surface area contributed by atoms with E-state index < -0.39 is 26.7 Å². The molecule has 1 fully saturated rings. The predicted octanol–water partition coefficient (Wildman–Crippen LogP) is 3.01. The molecule has 0 spiro atoms. The number of hydrogen-bond donors (Lipinski definition) is 0. The Morgan fingerprint density at radius 3 is 2.25 bits per heavy atom. The molecule has 4 rings (SSSR count). The second kappa shape index (κ2) is 8.62. The number of halogens is 3. The van der Waals surface area contributed by atoms with Crippen LogP contribution in [0.5, 0.6) is 11.5 Å². The van der Waals surface area contributed by atoms with Crippen LogP contribution in [0.4, 0.5) is 13.2 Å². The van der Waals surface area contributed by atoms with Crippen molar-refractivity contribution < 1.29 is 35.9 Å². The van der Waals surface area contributed by atoms with Gasteiger partial charge in [-0.05, 0) is 30.3 Å². The molecule has 7 nitrogen and oxygen atoms in total. The second-order valence-electron chi connectivity index (χ2n) is 7.40. The summed E-state index contributed by atoms with van der Waals surface area (Å²) in [5.41, 5.74) is -0.835. The molecule has 0 bridgehead atoms. The van der Waals surface area contributed by atoms with E-state index in [0.717, 1.165) is 28.9 Å². The second-order valence-corrected chi connectivity index (χ2v) is 9.31. The average molecular weight is 470 g/mol. The molecule has 11 heteroatoms. The number of sulfonamides is 1. The lowest BCUT2D eigenvalue weighted by molar-refractivity contribution is -0.139. The van der Waals surface area contributed by atoms with Crippen molar-refractivity contribution in [3.8, 4) is 11.5 Å². The van der Waals surface area contributed by atoms with Crippen molar-refractivity contribution in [2.24, 2.45) is 0 Å². The van der Waals surface area contributed by atoms with Gasteiger partial charge in [-0.2, -0.15) is 17.5 Å². The van der Waals surface area contributed by atoms with Crippen molar-refractivity contribution in [1.29, 1.82) is 0 Å². The number of hydrogen-bond acceptors (Lipinski definition) is 5. The molecule has 1 saturated heterocycles. The molecule has 2 aromatic rings. The summed E-state index contributed by atoms with van der Waals surface area (Å²) in [6.45, 7) is 0.895. The summed E-state index contributed by atoms with van der Waals surface area (Å²) in [6, 6.07) is 8.96. The Bertz CT molecular complexity index is 1110. The van der Waals surface area contributed by atoms with E-state index in [2.05, 4.69) is 0 Å². The zero-order chi connectivity index (χ0) is 22.9. The number of ether oxygens (including phenoxy) is 2. The Morgan fingerprint density at radius 2 is 1.56 bits per heavy atom. The molecule has 2 aliphatic heterocycles. The average Bonchev–Trinajstić information content (AvgIpc) is 3.03. The van der Waals surface area contributed by atoms with Crippen molar-refractivity contribution in [2.75, 3.05) is 39.4 Å². The fraction of sp³-hybridized carbons (Fsp3) is 0.381. The van der Waals surface area contributed by atoms with E-state index in [0.29, 0.717) is 30.3 Å². The molecule has 0 saturated carbocycles. The number of carbonyl (C=O) groups is 1. The van der Waals surface area contributed by atoms with Gasteiger partial charge in [-0.1, -0.05) is 12.1 Å². The third-order valence-corrected chi connectivity index (χ3v) is 7.29. The molecule has 0 radical (unpaired) electrons. The lowest BCUT2D eigenvalue weighted by Gasteiger charge is -2.34. The van der Waals surface area contributed by atoms with Gasteiger partial charge in [0.1, 0.15) is 0 Å². The van der Waals surface area contributed by atoms with Gasteiger partial charge in [-0.3, -0.25) is 4.79 Å². The summed E-state index contributed by atoms with van der Waals surface area (Å²) in [7, 11) is -4.37. The van der Waals surface area contributed by atoms with Crippen molar-refractivity contribution in [2.45, 2.75) is 17.5 Å². The zero-order valence-electron chi connectivity index (χ0n) is 17.0. The summed E-state index contributed by atoms with van der Waals surface area (Å²) < 4.78 is 77.8. The number of piperazine rings is 1. The molecule has 0 N–H and O–H groups in total. The first-order chi connectivity index (χ1) is 15.2. The molecule has 2 aromatic carbocycles. The van der Waals surface area contributed by atoms with Gasteiger partial charge in [0.2, 0.25) is 10.0 Å². The van der Waals surface area contributed by atoms with Gasteiger partial charge in [0.05, 0.1) is 23.7 Å². The smallest absolute Gasteiger partial charge is 0.417 e. The van der Waals surface area contributed by atoms with E-state index in [4.69, 9.17) is 9.47 Å². The van der Waals surface area contributed by atoms with Gasteiger partial charge in [0, 0.05) is 38.2 Å². The van der Waals surface area contributed by atoms with E-state index in [9.17, 15) is 26.4 Å². The van der Waals surface area contributed by atoms with Crippen LogP contribution in [0.2, 0.25) is 0 Å². The number of amides is 1. The van der Waals surface area contributed by atoms with E-state index in [1.54, 1.807) is 18.2 Å². The fourth-order valence-electron chi connectivity index (χ4n) is 3.68. The van der Waals surface area contributed by atoms with Crippen LogP contribution in [0, 0.1) is 0 Å². The quantitative estimate of drug-likeness (QED) is 0.690. The monoisotopic (exact) mass is 470 g/mol. The Labute approximate surface area is 183 Å². The third-order valence-electron chi connectivity index (χ3n) is 5.33. The lowest BCUT2D eigenvalue weighted by Crippen LogP contribution is -2.50. The number of benzene rings is 2. The SMILES string of the molecule is O=C(c1ccc2c(c1)OCCCO2)N1CCN(S(=O)(=O)c2ccccc2C(F)(F)F)CC1. The van der Waals surface area contributed by atoms with Crippen LogP contribution in [0.15, 0.2) is 47.4 Å². The van der Waals surface area contributed by atoms with E-state index in [1.165, 1.54) is 11.0 Å². The third kappa shape index (κ3) is 4.40. The van der Waals surface area contributed by atoms with Crippen LogP contribution in [-0.2, 0) is 16.2 Å². The van der Waals surface area contributed by atoms with Gasteiger partial charge >= 0.3 is 6.18 Å². The Morgan fingerprint density at radius 1 is 0.906 bits per heavy atom. The molecule has 32 heavy (non-hydrogen) atoms. The molecule has 0 atom stereocenters. The van der Waals surface area contributed by atoms with Crippen molar-refractivity contribution in [1.82, 2.24) is 9.21 Å². The van der Waals surface area contributed by atoms with E-state index in [-0.39, 0.29) is 32.1 Å². The highest BCUT2D eigenvalue weighted by Gasteiger charge is 2.39. The Balaban J connectivity index is 1.48. The minimum Gasteiger partial charge on any atom is -0.490 e. The molecule has 2 heterocycles. The summed E-state index contributed by atoms with van der Waals surface area (Å²) in [5, 5.41) is 0. The van der Waals surface area contributed by atoms with E-state index >= 15 is 0 Å². The maximum Gasteiger partial charge on any atom is 0.417 e. The van der Waals surface area contributed by atoms with Gasteiger partial charge < -0.3 is 14.4 Å². The van der Waals surface area contributed by atoms with Crippen LogP contribution in [-0.4, -0.2) is 62.9 Å². The normalized spacial score (nSPS) is 17.7. The van der Waals surface area contributed by atoms with Crippen molar-refractivity contribution in [3.63, 3.8) is 0 Å². The largest absolute Gasteiger partial charge is 0.490 e. The first-order valence-electron chi connectivity index (χ1n) is 10.0. The van der Waals surface area contributed by atoms with Crippen molar-refractivity contribution in [3.05, 3.63) is 53.6 Å². The summed E-state index contributed by atoms with van der Waals surface area (Å²) in [4.78, 5) is 13.6. The molecular formula is C21H21F3N2O5S. The van der Waals surface area contributed by atoms with Crippen molar-refractivity contribution >= 4 is 15.9 Å². The first-order valence-corrected chi connectivity index (χ1v) is 11.5. The first kappa shape index (κ1) is 22.4. The highest BCUT2D eigenvalue weighted by atomic mass is 32.2. The van der Waals surface area contributed by atoms with Gasteiger partial charge in [0.25, 0.3) is 5.91 Å². The minimum atomic E-state index is -4.79. The molecule has 1 amide bonds. The molecular weight excluding hydrogens is 449 g/mol. The van der Waals surface area contributed by atoms with Gasteiger partial charge in [-0.25, -0.2) is 8.42 Å².